The minimum absolute atomic E-state index is 0.209. The first kappa shape index (κ1) is 16.7. The molecule has 128 valence electrons. The minimum atomic E-state index is -0.209. The number of aromatic amines is 1. The van der Waals surface area contributed by atoms with E-state index in [-0.39, 0.29) is 5.91 Å². The number of amides is 1. The second kappa shape index (κ2) is 8.11. The van der Waals surface area contributed by atoms with Crippen molar-refractivity contribution in [2.75, 3.05) is 18.4 Å². The highest BCUT2D eigenvalue weighted by Gasteiger charge is 2.11. The summed E-state index contributed by atoms with van der Waals surface area (Å²) in [6.45, 7) is 1.11. The zero-order valence-corrected chi connectivity index (χ0v) is 14.1. The van der Waals surface area contributed by atoms with Crippen LogP contribution in [0.2, 0.25) is 0 Å². The molecule has 0 bridgehead atoms. The highest BCUT2D eigenvalue weighted by Crippen LogP contribution is 2.22. The van der Waals surface area contributed by atoms with Crippen molar-refractivity contribution in [3.05, 3.63) is 41.5 Å². The molecule has 0 aliphatic rings. The molecule has 0 aliphatic heterocycles. The van der Waals surface area contributed by atoms with Crippen LogP contribution in [-0.4, -0.2) is 39.2 Å². The van der Waals surface area contributed by atoms with Crippen molar-refractivity contribution < 1.29 is 10.3 Å². The Labute approximate surface area is 147 Å². The number of hydrogen-bond donors (Lipinski definition) is 4. The fraction of sp³-hybridized carbons (Fsp3) is 0.200. The lowest BCUT2D eigenvalue weighted by molar-refractivity contribution is -0.211. The van der Waals surface area contributed by atoms with E-state index in [1.54, 1.807) is 29.7 Å². The van der Waals surface area contributed by atoms with E-state index in [9.17, 15) is 4.79 Å². The summed E-state index contributed by atoms with van der Waals surface area (Å²) in [7, 11) is 0. The lowest BCUT2D eigenvalue weighted by atomic mass is 10.3. The molecular weight excluding hydrogens is 340 g/mol. The van der Waals surface area contributed by atoms with Crippen LogP contribution in [0.4, 0.5) is 11.8 Å². The number of anilines is 1. The largest absolute Gasteiger partial charge is 0.354 e. The summed E-state index contributed by atoms with van der Waals surface area (Å²) in [5.41, 5.74) is 6.38. The van der Waals surface area contributed by atoms with Gasteiger partial charge in [-0.2, -0.15) is 15.6 Å². The molecule has 10 heteroatoms. The van der Waals surface area contributed by atoms with Crippen LogP contribution in [-0.2, 0) is 0 Å². The number of carbonyl (C=O) groups excluding carboxylic acids is 1. The van der Waals surface area contributed by atoms with Gasteiger partial charge in [0.05, 0.1) is 10.6 Å². The van der Waals surface area contributed by atoms with Gasteiger partial charge >= 0.3 is 0 Å². The fourth-order valence-corrected chi connectivity index (χ4v) is 2.78. The van der Waals surface area contributed by atoms with Crippen molar-refractivity contribution in [2.24, 2.45) is 5.11 Å². The van der Waals surface area contributed by atoms with Crippen molar-refractivity contribution in [2.45, 2.75) is 6.42 Å². The van der Waals surface area contributed by atoms with E-state index in [1.165, 1.54) is 0 Å². The van der Waals surface area contributed by atoms with Gasteiger partial charge < -0.3 is 10.6 Å². The molecule has 0 saturated heterocycles. The molecule has 0 unspecified atom stereocenters. The standard InChI is InChI=1S/C15H16N8OS/c16-21-13-4-7-19-15(20-13)18-6-2-5-17-14(24)11-9-10(22-23-11)12-3-1-8-25-12/h1,3-4,7-9,16H,2,5-6H2,(H,17,24)(H,22,23)(H,18,19,20)/p+1. The molecule has 0 fully saturated rings. The lowest BCUT2D eigenvalue weighted by Gasteiger charge is -2.05. The summed E-state index contributed by atoms with van der Waals surface area (Å²) < 4.78 is 0. The van der Waals surface area contributed by atoms with Gasteiger partial charge in [-0.1, -0.05) is 6.07 Å². The average Bonchev–Trinajstić information content (AvgIpc) is 3.32. The molecule has 0 spiro atoms. The maximum Gasteiger partial charge on any atom is 0.271 e. The third kappa shape index (κ3) is 4.44. The van der Waals surface area contributed by atoms with Crippen molar-refractivity contribution in [3.63, 3.8) is 0 Å². The third-order valence-corrected chi connectivity index (χ3v) is 4.20. The summed E-state index contributed by atoms with van der Waals surface area (Å²) in [5.74, 6) is 0.649. The lowest BCUT2D eigenvalue weighted by Crippen LogP contribution is -2.26. The summed E-state index contributed by atoms with van der Waals surface area (Å²) in [4.78, 5) is 21.3. The molecule has 9 nitrogen and oxygen atoms in total. The maximum atomic E-state index is 12.1. The van der Waals surface area contributed by atoms with Crippen molar-refractivity contribution in [1.82, 2.24) is 25.5 Å². The number of nitrogens with one attached hydrogen (secondary N) is 3. The van der Waals surface area contributed by atoms with Crippen LogP contribution in [0.1, 0.15) is 16.9 Å². The molecule has 1 amide bonds. The summed E-state index contributed by atoms with van der Waals surface area (Å²) in [6.07, 6.45) is 2.28. The molecule has 3 aromatic rings. The molecule has 0 atom stereocenters. The van der Waals surface area contributed by atoms with E-state index in [1.807, 2.05) is 17.5 Å². The van der Waals surface area contributed by atoms with Gasteiger partial charge in [0.15, 0.2) is 5.69 Å². The van der Waals surface area contributed by atoms with Crippen LogP contribution in [0, 0.1) is 0 Å². The number of nitrogens with zero attached hydrogens (tertiary/aromatic N) is 4. The molecule has 25 heavy (non-hydrogen) atoms. The monoisotopic (exact) mass is 357 g/mol. The quantitative estimate of drug-likeness (QED) is 0.352. The number of hydrogen-bond acceptors (Lipinski definition) is 7. The Morgan fingerprint density at radius 1 is 1.36 bits per heavy atom. The molecular formula is C15H17N8OS+. The Morgan fingerprint density at radius 3 is 3.08 bits per heavy atom. The predicted octanol–water partition coefficient (Wildman–Crippen LogP) is 1.00. The predicted molar refractivity (Wildman–Crippen MR) is 93.4 cm³/mol. The first-order valence-corrected chi connectivity index (χ1v) is 8.49. The molecule has 5 N–H and O–H groups in total. The SMILES string of the molecule is [NH2+]=Nc1ccnc(NCCCNC(=O)c2cc(-c3cccs3)[nH]n2)n1. The van der Waals surface area contributed by atoms with Crippen LogP contribution < -0.4 is 16.2 Å². The molecule has 3 rings (SSSR count). The van der Waals surface area contributed by atoms with Crippen LogP contribution in [0.3, 0.4) is 0 Å². The van der Waals surface area contributed by atoms with Crippen LogP contribution in [0.5, 0.6) is 0 Å². The zero-order valence-electron chi connectivity index (χ0n) is 13.3. The Kier molecular flexibility index (Phi) is 5.42. The summed E-state index contributed by atoms with van der Waals surface area (Å²) in [5, 5.41) is 18.3. The van der Waals surface area contributed by atoms with E-state index in [2.05, 4.69) is 35.9 Å². The topological polar surface area (TPSA) is 134 Å². The van der Waals surface area contributed by atoms with E-state index >= 15 is 0 Å². The van der Waals surface area contributed by atoms with Crippen molar-refractivity contribution >= 4 is 29.0 Å². The molecule has 0 aliphatic carbocycles. The smallest absolute Gasteiger partial charge is 0.271 e. The van der Waals surface area contributed by atoms with E-state index in [0.29, 0.717) is 37.0 Å². The van der Waals surface area contributed by atoms with Gasteiger partial charge in [-0.05, 0) is 23.9 Å². The highest BCUT2D eigenvalue weighted by molar-refractivity contribution is 7.13. The van der Waals surface area contributed by atoms with E-state index < -0.39 is 0 Å². The Hall–Kier alpha value is -3.14. The van der Waals surface area contributed by atoms with Gasteiger partial charge in [0.25, 0.3) is 5.91 Å². The Morgan fingerprint density at radius 2 is 2.28 bits per heavy atom. The van der Waals surface area contributed by atoms with Gasteiger partial charge in [0.1, 0.15) is 0 Å². The molecule has 3 heterocycles. The average molecular weight is 357 g/mol. The normalized spacial score (nSPS) is 10.4. The Bertz CT molecular complexity index is 845. The molecule has 0 saturated carbocycles. The molecule has 3 aromatic heterocycles. The van der Waals surface area contributed by atoms with Crippen LogP contribution in [0.25, 0.3) is 10.6 Å². The van der Waals surface area contributed by atoms with Gasteiger partial charge in [-0.3, -0.25) is 9.89 Å². The van der Waals surface area contributed by atoms with Crippen molar-refractivity contribution in [1.29, 1.82) is 0 Å². The number of H-pyrrole nitrogens is 1. The Balaban J connectivity index is 1.41. The van der Waals surface area contributed by atoms with Gasteiger partial charge in [-0.15, -0.1) is 11.3 Å². The van der Waals surface area contributed by atoms with Gasteiger partial charge in [-0.25, -0.2) is 4.98 Å². The van der Waals surface area contributed by atoms with Gasteiger partial charge in [0.2, 0.25) is 11.8 Å². The van der Waals surface area contributed by atoms with Crippen molar-refractivity contribution in [3.8, 4) is 10.6 Å². The second-order valence-electron chi connectivity index (χ2n) is 5.05. The number of aromatic nitrogens is 4. The van der Waals surface area contributed by atoms with Crippen LogP contribution >= 0.6 is 11.3 Å². The summed E-state index contributed by atoms with van der Waals surface area (Å²) in [6, 6.07) is 7.28. The second-order valence-corrected chi connectivity index (χ2v) is 6.00. The molecule has 0 radical (unpaired) electrons. The third-order valence-electron chi connectivity index (χ3n) is 3.29. The number of carbonyl (C=O) groups is 1. The zero-order chi connectivity index (χ0) is 17.5. The summed E-state index contributed by atoms with van der Waals surface area (Å²) >= 11 is 1.59. The van der Waals surface area contributed by atoms with Gasteiger partial charge in [0, 0.05) is 30.5 Å². The highest BCUT2D eigenvalue weighted by atomic mass is 32.1. The number of thiophene rings is 1. The first-order valence-electron chi connectivity index (χ1n) is 7.61. The van der Waals surface area contributed by atoms with E-state index in [4.69, 9.17) is 5.53 Å². The number of rotatable bonds is 8. The van der Waals surface area contributed by atoms with Crippen LogP contribution in [0.15, 0.2) is 41.0 Å². The maximum absolute atomic E-state index is 12.1. The minimum Gasteiger partial charge on any atom is -0.354 e. The number of nitrogens with two attached hydrogens (primary N) is 1. The first-order chi connectivity index (χ1) is 12.3. The molecule has 0 aromatic carbocycles. The van der Waals surface area contributed by atoms with E-state index in [0.717, 1.165) is 10.6 Å². The fourth-order valence-electron chi connectivity index (χ4n) is 2.08.